The number of H-pyrrole nitrogens is 1. The lowest BCUT2D eigenvalue weighted by atomic mass is 9.79. The molecule has 3 saturated heterocycles. The molecule has 3 fully saturated rings. The molecule has 0 spiro atoms. The second-order valence-corrected chi connectivity index (χ2v) is 13.4. The van der Waals surface area contributed by atoms with Crippen molar-refractivity contribution in [2.24, 2.45) is 11.8 Å². The maximum Gasteiger partial charge on any atom is 0.343 e. The Morgan fingerprint density at radius 1 is 1.00 bits per heavy atom. The number of aromatic amines is 1. The number of rotatable bonds is 7. The fraction of sp³-hybridized carbons (Fsp3) is 0.486. The Kier molecular flexibility index (Phi) is 10.2. The Labute approximate surface area is 280 Å². The minimum Gasteiger partial charge on any atom is -0.397 e. The number of anilines is 1. The zero-order valence-electron chi connectivity index (χ0n) is 26.6. The second kappa shape index (κ2) is 14.7. The summed E-state index contributed by atoms with van der Waals surface area (Å²) in [4.78, 5) is 46.9. The molecule has 47 heavy (non-hydrogen) atoms. The SMILES string of the molecule is C#Cc1cc(C[C@@H](NC(=O)N2CCC(n3nc(-c4ccccc4)[nH]c3=O)CC2)C(=O)N2CCC(C3CCNCC3)CC2)cc(Cl)c1N. The summed E-state index contributed by atoms with van der Waals surface area (Å²) in [6.07, 6.45) is 11.3. The topological polar surface area (TPSA) is 141 Å². The van der Waals surface area contributed by atoms with Crippen LogP contribution in [0.4, 0.5) is 10.5 Å². The largest absolute Gasteiger partial charge is 0.397 e. The van der Waals surface area contributed by atoms with E-state index in [0.29, 0.717) is 73.0 Å². The van der Waals surface area contributed by atoms with E-state index in [4.69, 9.17) is 23.8 Å². The number of nitrogen functional groups attached to an aromatic ring is 1. The van der Waals surface area contributed by atoms with Gasteiger partial charge in [0.05, 0.1) is 16.8 Å². The molecule has 5 N–H and O–H groups in total. The van der Waals surface area contributed by atoms with Gasteiger partial charge in [0.25, 0.3) is 0 Å². The molecule has 2 aromatic carbocycles. The van der Waals surface area contributed by atoms with E-state index >= 15 is 0 Å². The smallest absolute Gasteiger partial charge is 0.343 e. The van der Waals surface area contributed by atoms with E-state index in [1.54, 1.807) is 17.0 Å². The molecule has 3 aliphatic rings. The molecule has 0 unspecified atom stereocenters. The molecular weight excluding hydrogens is 616 g/mol. The highest BCUT2D eigenvalue weighted by Crippen LogP contribution is 2.31. The van der Waals surface area contributed by atoms with Crippen LogP contribution < -0.4 is 22.1 Å². The van der Waals surface area contributed by atoms with Crippen molar-refractivity contribution < 1.29 is 9.59 Å². The van der Waals surface area contributed by atoms with Gasteiger partial charge in [-0.15, -0.1) is 11.5 Å². The van der Waals surface area contributed by atoms with Crippen LogP contribution in [0.25, 0.3) is 11.4 Å². The Hall–Kier alpha value is -4.27. The van der Waals surface area contributed by atoms with Gasteiger partial charge in [0.1, 0.15) is 6.04 Å². The van der Waals surface area contributed by atoms with Gasteiger partial charge in [-0.25, -0.2) is 14.3 Å². The third-order valence-corrected chi connectivity index (χ3v) is 10.4. The molecule has 3 amide bonds. The molecular formula is C35H43ClN8O3. The summed E-state index contributed by atoms with van der Waals surface area (Å²) in [5.74, 6) is 4.30. The number of carbonyl (C=O) groups is 2. The fourth-order valence-corrected chi connectivity index (χ4v) is 7.58. The molecule has 1 atom stereocenters. The first-order chi connectivity index (χ1) is 22.8. The number of halogens is 1. The van der Waals surface area contributed by atoms with Crippen LogP contribution in [0.2, 0.25) is 5.02 Å². The number of carbonyl (C=O) groups excluding carboxylic acids is 2. The van der Waals surface area contributed by atoms with E-state index in [2.05, 4.69) is 26.6 Å². The first-order valence-corrected chi connectivity index (χ1v) is 17.0. The van der Waals surface area contributed by atoms with Crippen molar-refractivity contribution in [1.82, 2.24) is 35.2 Å². The minimum absolute atomic E-state index is 0.108. The molecule has 0 aliphatic carbocycles. The molecule has 0 bridgehead atoms. The Bertz CT molecular complexity index is 1660. The molecule has 1 aromatic heterocycles. The van der Waals surface area contributed by atoms with Gasteiger partial charge in [-0.05, 0) is 81.1 Å². The van der Waals surface area contributed by atoms with Gasteiger partial charge < -0.3 is 26.2 Å². The molecule has 3 aromatic rings. The van der Waals surface area contributed by atoms with Crippen LogP contribution >= 0.6 is 11.6 Å². The quantitative estimate of drug-likeness (QED) is 0.226. The van der Waals surface area contributed by atoms with Crippen molar-refractivity contribution in [3.8, 4) is 23.7 Å². The molecule has 12 heteroatoms. The predicted octanol–water partition coefficient (Wildman–Crippen LogP) is 3.65. The summed E-state index contributed by atoms with van der Waals surface area (Å²) in [5, 5.41) is 11.4. The number of nitrogens with one attached hydrogen (secondary N) is 3. The maximum atomic E-state index is 14.0. The average Bonchev–Trinajstić information content (AvgIpc) is 3.51. The normalized spacial score (nSPS) is 18.9. The number of nitrogens with two attached hydrogens (primary N) is 1. The van der Waals surface area contributed by atoms with E-state index in [9.17, 15) is 14.4 Å². The molecule has 0 radical (unpaired) electrons. The van der Waals surface area contributed by atoms with Crippen LogP contribution in [0.3, 0.4) is 0 Å². The lowest BCUT2D eigenvalue weighted by Gasteiger charge is -2.39. The number of benzene rings is 2. The number of urea groups is 1. The Balaban J connectivity index is 1.12. The van der Waals surface area contributed by atoms with E-state index < -0.39 is 6.04 Å². The van der Waals surface area contributed by atoms with E-state index in [-0.39, 0.29) is 30.1 Å². The highest BCUT2D eigenvalue weighted by Gasteiger charge is 2.34. The van der Waals surface area contributed by atoms with Crippen LogP contribution in [0.1, 0.15) is 55.7 Å². The fourth-order valence-electron chi connectivity index (χ4n) is 7.34. The third kappa shape index (κ3) is 7.50. The van der Waals surface area contributed by atoms with Crippen LogP contribution in [0.5, 0.6) is 0 Å². The molecule has 4 heterocycles. The summed E-state index contributed by atoms with van der Waals surface area (Å²) in [7, 11) is 0. The highest BCUT2D eigenvalue weighted by atomic mass is 35.5. The standard InChI is InChI=1S/C35H43ClN8O3/c1-2-24-20-23(21-29(36)31(24)37)22-30(33(45)42-16-10-26(11-17-42)25-8-14-38-15-9-25)39-34(46)43-18-12-28(13-19-43)44-35(47)40-32(41-44)27-6-4-3-5-7-27/h1,3-7,20-21,25-26,28,30,38H,8-19,22,37H2,(H,39,46)(H,40,41,47)/t30-/m1/s1. The summed E-state index contributed by atoms with van der Waals surface area (Å²) >= 11 is 6.39. The highest BCUT2D eigenvalue weighted by molar-refractivity contribution is 6.33. The van der Waals surface area contributed by atoms with Crippen LogP contribution in [0.15, 0.2) is 47.3 Å². The van der Waals surface area contributed by atoms with Crippen molar-refractivity contribution in [3.05, 3.63) is 69.1 Å². The van der Waals surface area contributed by atoms with Gasteiger partial charge in [0.15, 0.2) is 5.82 Å². The maximum absolute atomic E-state index is 14.0. The summed E-state index contributed by atoms with van der Waals surface area (Å²) < 4.78 is 1.49. The molecule has 11 nitrogen and oxygen atoms in total. The zero-order valence-corrected chi connectivity index (χ0v) is 27.3. The zero-order chi connectivity index (χ0) is 32.9. The number of likely N-dealkylation sites (tertiary alicyclic amines) is 2. The van der Waals surface area contributed by atoms with Gasteiger partial charge in [0, 0.05) is 43.7 Å². The number of terminal acetylenes is 1. The number of amides is 3. The summed E-state index contributed by atoms with van der Waals surface area (Å²) in [5.41, 5.74) is 8.13. The number of hydrogen-bond donors (Lipinski definition) is 4. The number of hydrogen-bond acceptors (Lipinski definition) is 6. The molecule has 248 valence electrons. The monoisotopic (exact) mass is 658 g/mol. The van der Waals surface area contributed by atoms with Crippen molar-refractivity contribution in [2.45, 2.75) is 57.0 Å². The van der Waals surface area contributed by atoms with Crippen molar-refractivity contribution in [1.29, 1.82) is 0 Å². The number of aromatic nitrogens is 3. The van der Waals surface area contributed by atoms with Crippen LogP contribution in [0, 0.1) is 24.2 Å². The van der Waals surface area contributed by atoms with Gasteiger partial charge in [-0.2, -0.15) is 0 Å². The lowest BCUT2D eigenvalue weighted by Crippen LogP contribution is -2.55. The van der Waals surface area contributed by atoms with Gasteiger partial charge in [0.2, 0.25) is 5.91 Å². The molecule has 6 rings (SSSR count). The number of nitrogens with zero attached hydrogens (tertiary/aromatic N) is 4. The second-order valence-electron chi connectivity index (χ2n) is 12.9. The minimum atomic E-state index is -0.802. The van der Waals surface area contributed by atoms with Crippen molar-refractivity contribution >= 4 is 29.2 Å². The molecule has 3 aliphatic heterocycles. The van der Waals surface area contributed by atoms with E-state index in [0.717, 1.165) is 37.1 Å². The summed E-state index contributed by atoms with van der Waals surface area (Å²) in [6, 6.07) is 11.7. The van der Waals surface area contributed by atoms with Gasteiger partial charge in [-0.3, -0.25) is 9.78 Å². The van der Waals surface area contributed by atoms with E-state index in [1.165, 1.54) is 17.5 Å². The van der Waals surface area contributed by atoms with Crippen LogP contribution in [-0.4, -0.2) is 81.8 Å². The first-order valence-electron chi connectivity index (χ1n) is 16.6. The van der Waals surface area contributed by atoms with Crippen molar-refractivity contribution in [3.63, 3.8) is 0 Å². The predicted molar refractivity (Wildman–Crippen MR) is 183 cm³/mol. The van der Waals surface area contributed by atoms with Gasteiger partial charge >= 0.3 is 11.7 Å². The van der Waals surface area contributed by atoms with Gasteiger partial charge in [-0.1, -0.05) is 47.9 Å². The van der Waals surface area contributed by atoms with Crippen molar-refractivity contribution in [2.75, 3.05) is 45.0 Å². The van der Waals surface area contributed by atoms with Crippen LogP contribution in [-0.2, 0) is 11.2 Å². The first kappa shape index (κ1) is 32.7. The number of piperidine rings is 3. The van der Waals surface area contributed by atoms with E-state index in [1.807, 2.05) is 35.2 Å². The molecule has 0 saturated carbocycles. The average molecular weight is 659 g/mol. The lowest BCUT2D eigenvalue weighted by molar-refractivity contribution is -0.135. The Morgan fingerprint density at radius 2 is 1.66 bits per heavy atom. The third-order valence-electron chi connectivity index (χ3n) is 10.1. The Morgan fingerprint density at radius 3 is 2.34 bits per heavy atom. The summed E-state index contributed by atoms with van der Waals surface area (Å²) in [6.45, 7) is 4.32.